The zero-order valence-electron chi connectivity index (χ0n) is 14.2. The molecule has 21 heavy (non-hydrogen) atoms. The summed E-state index contributed by atoms with van der Waals surface area (Å²) in [5, 5.41) is 3.80. The van der Waals surface area contributed by atoms with Gasteiger partial charge in [0.25, 0.3) is 0 Å². The highest BCUT2D eigenvalue weighted by molar-refractivity contribution is 4.97. The van der Waals surface area contributed by atoms with E-state index in [4.69, 9.17) is 4.74 Å². The molecule has 3 heteroatoms. The fraction of sp³-hybridized carbons (Fsp3) is 1.00. The molecule has 0 aromatic heterocycles. The summed E-state index contributed by atoms with van der Waals surface area (Å²) >= 11 is 0. The summed E-state index contributed by atoms with van der Waals surface area (Å²) in [5.41, 5.74) is 0. The van der Waals surface area contributed by atoms with E-state index in [2.05, 4.69) is 31.0 Å². The van der Waals surface area contributed by atoms with Crippen molar-refractivity contribution < 1.29 is 4.74 Å². The fourth-order valence-electron chi connectivity index (χ4n) is 4.79. The molecule has 0 saturated carbocycles. The van der Waals surface area contributed by atoms with Gasteiger partial charge in [-0.15, -0.1) is 0 Å². The maximum atomic E-state index is 6.00. The minimum atomic E-state index is 0.474. The van der Waals surface area contributed by atoms with Crippen molar-refractivity contribution in [1.29, 1.82) is 0 Å². The molecule has 0 amide bonds. The summed E-state index contributed by atoms with van der Waals surface area (Å²) < 4.78 is 6.00. The molecule has 4 atom stereocenters. The van der Waals surface area contributed by atoms with Crippen LogP contribution in [0.4, 0.5) is 0 Å². The van der Waals surface area contributed by atoms with Crippen molar-refractivity contribution in [2.24, 2.45) is 5.92 Å². The van der Waals surface area contributed by atoms with E-state index in [1.807, 2.05) is 0 Å². The Kier molecular flexibility index (Phi) is 5.23. The Balaban J connectivity index is 1.65. The van der Waals surface area contributed by atoms with Crippen LogP contribution in [0.3, 0.4) is 0 Å². The van der Waals surface area contributed by atoms with E-state index in [0.717, 1.165) is 30.8 Å². The summed E-state index contributed by atoms with van der Waals surface area (Å²) in [6, 6.07) is 3.18. The van der Waals surface area contributed by atoms with Crippen LogP contribution in [0, 0.1) is 5.92 Å². The van der Waals surface area contributed by atoms with Gasteiger partial charge in [0.05, 0.1) is 6.10 Å². The summed E-state index contributed by atoms with van der Waals surface area (Å²) in [4.78, 5) is 2.88. The molecular formula is C18H34N2O. The van der Waals surface area contributed by atoms with Crippen LogP contribution in [0.1, 0.15) is 65.7 Å². The number of hydrogen-bond donors (Lipinski definition) is 1. The third-order valence-electron chi connectivity index (χ3n) is 5.90. The predicted molar refractivity (Wildman–Crippen MR) is 87.6 cm³/mol. The maximum Gasteiger partial charge on any atom is 0.0612 e. The highest BCUT2D eigenvalue weighted by atomic mass is 16.5. The van der Waals surface area contributed by atoms with Crippen LogP contribution in [0.15, 0.2) is 0 Å². The first kappa shape index (κ1) is 15.8. The number of hydrogen-bond acceptors (Lipinski definition) is 3. The molecule has 3 rings (SSSR count). The van der Waals surface area contributed by atoms with Gasteiger partial charge in [0, 0.05) is 30.8 Å². The predicted octanol–water partition coefficient (Wildman–Crippen LogP) is 3.19. The largest absolute Gasteiger partial charge is 0.378 e. The second-order valence-electron chi connectivity index (χ2n) is 7.83. The Morgan fingerprint density at radius 3 is 2.38 bits per heavy atom. The zero-order valence-corrected chi connectivity index (χ0v) is 14.2. The smallest absolute Gasteiger partial charge is 0.0612 e. The number of nitrogens with one attached hydrogen (secondary N) is 1. The first-order chi connectivity index (χ1) is 10.2. The molecule has 3 saturated heterocycles. The molecule has 0 aromatic rings. The van der Waals surface area contributed by atoms with Crippen LogP contribution in [-0.2, 0) is 4.74 Å². The van der Waals surface area contributed by atoms with Gasteiger partial charge >= 0.3 is 0 Å². The number of fused-ring (bicyclic) bond motifs is 2. The van der Waals surface area contributed by atoms with Gasteiger partial charge in [-0.25, -0.2) is 0 Å². The van der Waals surface area contributed by atoms with Gasteiger partial charge in [-0.1, -0.05) is 20.8 Å². The summed E-state index contributed by atoms with van der Waals surface area (Å²) in [6.07, 6.45) is 9.80. The molecule has 0 aromatic carbocycles. The van der Waals surface area contributed by atoms with Crippen molar-refractivity contribution in [2.75, 3.05) is 13.2 Å². The van der Waals surface area contributed by atoms with Crippen LogP contribution in [-0.4, -0.2) is 48.3 Å². The minimum absolute atomic E-state index is 0.474. The number of rotatable bonds is 5. The molecular weight excluding hydrogens is 260 g/mol. The molecule has 0 aliphatic carbocycles. The monoisotopic (exact) mass is 294 g/mol. The maximum absolute atomic E-state index is 6.00. The van der Waals surface area contributed by atoms with Crippen LogP contribution in [0.5, 0.6) is 0 Å². The standard InChI is InChI=1S/C18H34N2O/c1-4-8-20(16-7-9-21-18(12-16)13(2)3)17-10-14-5-6-15(11-17)19-14/h13-19H,4-12H2,1-3H3. The van der Waals surface area contributed by atoms with Gasteiger partial charge in [0.1, 0.15) is 0 Å². The van der Waals surface area contributed by atoms with Gasteiger partial charge in [-0.2, -0.15) is 0 Å². The lowest BCUT2D eigenvalue weighted by molar-refractivity contribution is -0.0600. The van der Waals surface area contributed by atoms with Gasteiger partial charge in [-0.3, -0.25) is 4.90 Å². The molecule has 122 valence electrons. The van der Waals surface area contributed by atoms with E-state index < -0.39 is 0 Å². The van der Waals surface area contributed by atoms with Crippen molar-refractivity contribution in [3.05, 3.63) is 0 Å². The van der Waals surface area contributed by atoms with Gasteiger partial charge < -0.3 is 10.1 Å². The Labute approximate surface area is 130 Å². The molecule has 2 bridgehead atoms. The average molecular weight is 294 g/mol. The van der Waals surface area contributed by atoms with E-state index in [0.29, 0.717) is 12.0 Å². The first-order valence-corrected chi connectivity index (χ1v) is 9.30. The second-order valence-corrected chi connectivity index (χ2v) is 7.83. The van der Waals surface area contributed by atoms with Crippen LogP contribution in [0.25, 0.3) is 0 Å². The second kappa shape index (κ2) is 6.97. The average Bonchev–Trinajstić information content (AvgIpc) is 2.83. The van der Waals surface area contributed by atoms with E-state index in [-0.39, 0.29) is 0 Å². The van der Waals surface area contributed by atoms with Gasteiger partial charge in [-0.05, 0) is 57.4 Å². The SMILES string of the molecule is CCCN(C1CC2CCC(C1)N2)C1CCOC(C(C)C)C1. The third kappa shape index (κ3) is 3.62. The molecule has 3 nitrogen and oxygen atoms in total. The van der Waals surface area contributed by atoms with Gasteiger partial charge in [0.15, 0.2) is 0 Å². The lowest BCUT2D eigenvalue weighted by Crippen LogP contribution is -2.54. The van der Waals surface area contributed by atoms with Crippen molar-refractivity contribution in [3.63, 3.8) is 0 Å². The zero-order chi connectivity index (χ0) is 14.8. The fourth-order valence-corrected chi connectivity index (χ4v) is 4.79. The highest BCUT2D eigenvalue weighted by Gasteiger charge is 2.39. The highest BCUT2D eigenvalue weighted by Crippen LogP contribution is 2.33. The van der Waals surface area contributed by atoms with E-state index in [9.17, 15) is 0 Å². The van der Waals surface area contributed by atoms with E-state index >= 15 is 0 Å². The quantitative estimate of drug-likeness (QED) is 0.843. The normalized spacial score (nSPS) is 40.1. The lowest BCUT2D eigenvalue weighted by Gasteiger charge is -2.45. The van der Waals surface area contributed by atoms with Crippen LogP contribution in [0.2, 0.25) is 0 Å². The topological polar surface area (TPSA) is 24.5 Å². The summed E-state index contributed by atoms with van der Waals surface area (Å²) in [6.45, 7) is 9.19. The van der Waals surface area contributed by atoms with Crippen molar-refractivity contribution in [1.82, 2.24) is 10.2 Å². The Morgan fingerprint density at radius 1 is 1.05 bits per heavy atom. The third-order valence-corrected chi connectivity index (χ3v) is 5.90. The van der Waals surface area contributed by atoms with Crippen LogP contribution >= 0.6 is 0 Å². The van der Waals surface area contributed by atoms with E-state index in [1.165, 1.54) is 51.5 Å². The van der Waals surface area contributed by atoms with Crippen molar-refractivity contribution >= 4 is 0 Å². The molecule has 0 spiro atoms. The molecule has 3 aliphatic rings. The molecule has 3 aliphatic heterocycles. The van der Waals surface area contributed by atoms with Crippen molar-refractivity contribution in [2.45, 2.75) is 96.0 Å². The Hall–Kier alpha value is -0.120. The first-order valence-electron chi connectivity index (χ1n) is 9.30. The molecule has 1 N–H and O–H groups in total. The molecule has 4 unspecified atom stereocenters. The Morgan fingerprint density at radius 2 is 1.76 bits per heavy atom. The molecule has 3 heterocycles. The summed E-state index contributed by atoms with van der Waals surface area (Å²) in [5.74, 6) is 0.653. The van der Waals surface area contributed by atoms with Gasteiger partial charge in [0.2, 0.25) is 0 Å². The minimum Gasteiger partial charge on any atom is -0.378 e. The lowest BCUT2D eigenvalue weighted by atomic mass is 9.90. The van der Waals surface area contributed by atoms with Crippen LogP contribution < -0.4 is 5.32 Å². The number of nitrogens with zero attached hydrogens (tertiary/aromatic N) is 1. The molecule has 0 radical (unpaired) electrons. The Bertz CT molecular complexity index is 321. The number of piperidine rings is 1. The van der Waals surface area contributed by atoms with E-state index in [1.54, 1.807) is 0 Å². The number of ether oxygens (including phenoxy) is 1. The molecule has 3 fully saturated rings. The van der Waals surface area contributed by atoms with Crippen molar-refractivity contribution in [3.8, 4) is 0 Å². The summed E-state index contributed by atoms with van der Waals surface area (Å²) in [7, 11) is 0.